The highest BCUT2D eigenvalue weighted by Crippen LogP contribution is 2.25. The number of nitrogens with zero attached hydrogens (tertiary/aromatic N) is 1. The number of hydrogen-bond acceptors (Lipinski definition) is 4. The Bertz CT molecular complexity index is 533. The topological polar surface area (TPSA) is 47.3 Å². The molecule has 0 spiro atoms. The summed E-state index contributed by atoms with van der Waals surface area (Å²) in [6, 6.07) is 8.17. The number of likely N-dealkylation sites (N-methyl/N-ethyl adjacent to an activating group) is 1. The molecule has 1 fully saturated rings. The second kappa shape index (κ2) is 5.94. The molecule has 0 amide bonds. The van der Waals surface area contributed by atoms with Crippen molar-refractivity contribution in [1.82, 2.24) is 10.3 Å². The summed E-state index contributed by atoms with van der Waals surface area (Å²) < 4.78 is 11.7. The highest BCUT2D eigenvalue weighted by Gasteiger charge is 2.32. The maximum absolute atomic E-state index is 5.89. The maximum Gasteiger partial charge on any atom is 0.197 e. The van der Waals surface area contributed by atoms with Gasteiger partial charge in [0.25, 0.3) is 0 Å². The van der Waals surface area contributed by atoms with E-state index in [4.69, 9.17) is 9.15 Å². The van der Waals surface area contributed by atoms with Gasteiger partial charge in [0.2, 0.25) is 0 Å². The molecule has 3 atom stereocenters. The molecule has 4 heteroatoms. The normalized spacial score (nSPS) is 24.3. The average Bonchev–Trinajstić information content (AvgIpc) is 3.03. The van der Waals surface area contributed by atoms with E-state index in [-0.39, 0.29) is 12.1 Å². The molecule has 1 aliphatic heterocycles. The molecule has 2 aromatic rings. The smallest absolute Gasteiger partial charge is 0.197 e. The van der Waals surface area contributed by atoms with Crippen LogP contribution in [0, 0.1) is 5.92 Å². The van der Waals surface area contributed by atoms with Crippen molar-refractivity contribution in [2.45, 2.75) is 38.8 Å². The van der Waals surface area contributed by atoms with Gasteiger partial charge in [-0.25, -0.2) is 4.98 Å². The number of fused-ring (bicyclic) bond motifs is 1. The molecular weight excluding hydrogens is 252 g/mol. The second-order valence-electron chi connectivity index (χ2n) is 5.54. The van der Waals surface area contributed by atoms with Gasteiger partial charge < -0.3 is 14.5 Å². The molecule has 0 radical (unpaired) electrons. The minimum absolute atomic E-state index is 0.255. The summed E-state index contributed by atoms with van der Waals surface area (Å²) >= 11 is 0. The molecule has 108 valence electrons. The molecule has 3 unspecified atom stereocenters. The van der Waals surface area contributed by atoms with Gasteiger partial charge >= 0.3 is 0 Å². The van der Waals surface area contributed by atoms with Crippen LogP contribution in [0.2, 0.25) is 0 Å². The highest BCUT2D eigenvalue weighted by molar-refractivity contribution is 5.72. The third kappa shape index (κ3) is 2.72. The third-order valence-electron chi connectivity index (χ3n) is 4.04. The largest absolute Gasteiger partial charge is 0.441 e. The lowest BCUT2D eigenvalue weighted by Crippen LogP contribution is -2.43. The second-order valence-corrected chi connectivity index (χ2v) is 5.54. The summed E-state index contributed by atoms with van der Waals surface area (Å²) in [4.78, 5) is 4.57. The number of hydrogen-bond donors (Lipinski definition) is 1. The summed E-state index contributed by atoms with van der Waals surface area (Å²) in [5.74, 6) is 1.38. The van der Waals surface area contributed by atoms with Crippen LogP contribution < -0.4 is 5.32 Å². The Morgan fingerprint density at radius 1 is 1.40 bits per heavy atom. The van der Waals surface area contributed by atoms with E-state index in [1.807, 2.05) is 24.3 Å². The SMILES string of the molecule is CCNC(Cc1nc2ccccc2o1)C1OCCC1C. The van der Waals surface area contributed by atoms with Gasteiger partial charge in [-0.2, -0.15) is 0 Å². The van der Waals surface area contributed by atoms with Crippen LogP contribution in [0.15, 0.2) is 28.7 Å². The Morgan fingerprint density at radius 2 is 2.25 bits per heavy atom. The summed E-state index contributed by atoms with van der Waals surface area (Å²) in [5, 5.41) is 3.52. The molecule has 3 rings (SSSR count). The zero-order chi connectivity index (χ0) is 13.9. The average molecular weight is 274 g/mol. The molecule has 1 aliphatic rings. The fourth-order valence-corrected chi connectivity index (χ4v) is 2.99. The number of nitrogens with one attached hydrogen (secondary N) is 1. The summed E-state index contributed by atoms with van der Waals surface area (Å²) in [6.07, 6.45) is 2.17. The first-order chi connectivity index (χ1) is 9.78. The Morgan fingerprint density at radius 3 is 2.95 bits per heavy atom. The van der Waals surface area contributed by atoms with Crippen LogP contribution in [-0.4, -0.2) is 30.3 Å². The molecule has 1 aromatic heterocycles. The molecule has 1 aromatic carbocycles. The summed E-state index contributed by atoms with van der Waals surface area (Å²) in [6.45, 7) is 6.17. The van der Waals surface area contributed by atoms with E-state index < -0.39 is 0 Å². The molecule has 0 bridgehead atoms. The van der Waals surface area contributed by atoms with Crippen LogP contribution in [0.5, 0.6) is 0 Å². The highest BCUT2D eigenvalue weighted by atomic mass is 16.5. The number of para-hydroxylation sites is 2. The van der Waals surface area contributed by atoms with Gasteiger partial charge in [0.05, 0.1) is 6.10 Å². The molecule has 1 saturated heterocycles. The molecule has 20 heavy (non-hydrogen) atoms. The Balaban J connectivity index is 1.78. The lowest BCUT2D eigenvalue weighted by molar-refractivity contribution is 0.0596. The van der Waals surface area contributed by atoms with E-state index in [0.29, 0.717) is 5.92 Å². The number of aromatic nitrogens is 1. The number of benzene rings is 1. The number of oxazole rings is 1. The first-order valence-corrected chi connectivity index (χ1v) is 7.47. The Hall–Kier alpha value is -1.39. The van der Waals surface area contributed by atoms with Crippen molar-refractivity contribution in [2.75, 3.05) is 13.2 Å². The van der Waals surface area contributed by atoms with E-state index in [2.05, 4.69) is 24.1 Å². The van der Waals surface area contributed by atoms with Gasteiger partial charge in [0, 0.05) is 19.1 Å². The van der Waals surface area contributed by atoms with E-state index in [1.54, 1.807) is 0 Å². The van der Waals surface area contributed by atoms with Gasteiger partial charge in [-0.15, -0.1) is 0 Å². The molecule has 0 aliphatic carbocycles. The first-order valence-electron chi connectivity index (χ1n) is 7.47. The molecule has 4 nitrogen and oxygen atoms in total. The van der Waals surface area contributed by atoms with Crippen LogP contribution in [-0.2, 0) is 11.2 Å². The summed E-state index contributed by atoms with van der Waals surface area (Å²) in [5.41, 5.74) is 1.79. The van der Waals surface area contributed by atoms with E-state index >= 15 is 0 Å². The number of ether oxygens (including phenoxy) is 1. The van der Waals surface area contributed by atoms with Gasteiger partial charge in [-0.3, -0.25) is 0 Å². The molecule has 2 heterocycles. The fourth-order valence-electron chi connectivity index (χ4n) is 2.99. The van der Waals surface area contributed by atoms with Crippen LogP contribution >= 0.6 is 0 Å². The third-order valence-corrected chi connectivity index (χ3v) is 4.04. The van der Waals surface area contributed by atoms with E-state index in [1.165, 1.54) is 0 Å². The Labute approximate surface area is 119 Å². The van der Waals surface area contributed by atoms with Crippen LogP contribution in [0.3, 0.4) is 0 Å². The van der Waals surface area contributed by atoms with Gasteiger partial charge in [-0.1, -0.05) is 26.0 Å². The van der Waals surface area contributed by atoms with Crippen molar-refractivity contribution < 1.29 is 9.15 Å². The van der Waals surface area contributed by atoms with Crippen LogP contribution in [0.25, 0.3) is 11.1 Å². The number of rotatable bonds is 5. The van der Waals surface area contributed by atoms with E-state index in [9.17, 15) is 0 Å². The van der Waals surface area contributed by atoms with Crippen molar-refractivity contribution in [3.8, 4) is 0 Å². The first kappa shape index (κ1) is 13.6. The van der Waals surface area contributed by atoms with Crippen molar-refractivity contribution in [1.29, 1.82) is 0 Å². The lowest BCUT2D eigenvalue weighted by Gasteiger charge is -2.25. The van der Waals surface area contributed by atoms with E-state index in [0.717, 1.165) is 43.0 Å². The summed E-state index contributed by atoms with van der Waals surface area (Å²) in [7, 11) is 0. The standard InChI is InChI=1S/C16H22N2O2/c1-3-17-13(16-11(2)8-9-19-16)10-15-18-12-6-4-5-7-14(12)20-15/h4-7,11,13,16-17H,3,8-10H2,1-2H3. The fraction of sp³-hybridized carbons (Fsp3) is 0.562. The zero-order valence-corrected chi connectivity index (χ0v) is 12.1. The minimum Gasteiger partial charge on any atom is -0.441 e. The van der Waals surface area contributed by atoms with Crippen molar-refractivity contribution in [2.24, 2.45) is 5.92 Å². The lowest BCUT2D eigenvalue weighted by atomic mass is 9.95. The van der Waals surface area contributed by atoms with Crippen molar-refractivity contribution >= 4 is 11.1 Å². The van der Waals surface area contributed by atoms with Gasteiger partial charge in [-0.05, 0) is 31.0 Å². The quantitative estimate of drug-likeness (QED) is 0.910. The Kier molecular flexibility index (Phi) is 4.03. The zero-order valence-electron chi connectivity index (χ0n) is 12.1. The minimum atomic E-state index is 0.255. The predicted octanol–water partition coefficient (Wildman–Crippen LogP) is 2.77. The molecular formula is C16H22N2O2. The van der Waals surface area contributed by atoms with Crippen LogP contribution in [0.1, 0.15) is 26.2 Å². The predicted molar refractivity (Wildman–Crippen MR) is 78.7 cm³/mol. The monoisotopic (exact) mass is 274 g/mol. The van der Waals surface area contributed by atoms with Gasteiger partial charge in [0.1, 0.15) is 5.52 Å². The van der Waals surface area contributed by atoms with Crippen LogP contribution in [0.4, 0.5) is 0 Å². The molecule has 0 saturated carbocycles. The molecule has 1 N–H and O–H groups in total. The maximum atomic E-state index is 5.89. The van der Waals surface area contributed by atoms with Crippen molar-refractivity contribution in [3.05, 3.63) is 30.2 Å². The van der Waals surface area contributed by atoms with Gasteiger partial charge in [0.15, 0.2) is 11.5 Å². The van der Waals surface area contributed by atoms with Crippen molar-refractivity contribution in [3.63, 3.8) is 0 Å².